The summed E-state index contributed by atoms with van der Waals surface area (Å²) < 4.78 is 0. The van der Waals surface area contributed by atoms with Gasteiger partial charge in [0.2, 0.25) is 0 Å². The maximum Gasteiger partial charge on any atom is 0.172 e. The van der Waals surface area contributed by atoms with Gasteiger partial charge in [-0.15, -0.1) is 0 Å². The molecule has 1 unspecified atom stereocenters. The molecule has 1 atom stereocenters. The molecule has 1 aromatic heterocycles. The quantitative estimate of drug-likeness (QED) is 0.372. The molecule has 0 radical (unpaired) electrons. The Morgan fingerprint density at radius 2 is 2.11 bits per heavy atom. The Hall–Kier alpha value is -1.78. The molecule has 0 amide bonds. The van der Waals surface area contributed by atoms with Crippen LogP contribution in [-0.4, -0.2) is 29.1 Å². The summed E-state index contributed by atoms with van der Waals surface area (Å²) in [5, 5.41) is 11.9. The van der Waals surface area contributed by atoms with Crippen molar-refractivity contribution < 1.29 is 5.21 Å². The molecule has 0 saturated carbocycles. The van der Waals surface area contributed by atoms with Crippen molar-refractivity contribution in [1.82, 2.24) is 4.98 Å². The monoisotopic (exact) mass is 250 g/mol. The molecule has 0 spiro atoms. The van der Waals surface area contributed by atoms with Gasteiger partial charge in [-0.05, 0) is 18.4 Å². The zero-order chi connectivity index (χ0) is 13.9. The van der Waals surface area contributed by atoms with E-state index in [9.17, 15) is 0 Å². The second-order valence-electron chi connectivity index (χ2n) is 5.53. The SMILES string of the molecule is CC(N(C)c1cnccc1/C(N)=N/O)C(C)(C)C. The highest BCUT2D eigenvalue weighted by Gasteiger charge is 2.26. The first kappa shape index (κ1) is 14.3. The second kappa shape index (κ2) is 5.25. The number of amidine groups is 1. The van der Waals surface area contributed by atoms with Gasteiger partial charge >= 0.3 is 0 Å². The minimum Gasteiger partial charge on any atom is -0.409 e. The fourth-order valence-corrected chi connectivity index (χ4v) is 1.73. The van der Waals surface area contributed by atoms with E-state index in [1.165, 1.54) is 0 Å². The number of nitrogens with two attached hydrogens (primary N) is 1. The van der Waals surface area contributed by atoms with Gasteiger partial charge in [0, 0.05) is 24.8 Å². The van der Waals surface area contributed by atoms with Crippen LogP contribution in [0.15, 0.2) is 23.6 Å². The average molecular weight is 250 g/mol. The van der Waals surface area contributed by atoms with Crippen molar-refractivity contribution in [2.24, 2.45) is 16.3 Å². The summed E-state index contributed by atoms with van der Waals surface area (Å²) in [5.41, 5.74) is 7.35. The first-order valence-electron chi connectivity index (χ1n) is 5.93. The molecule has 0 fully saturated rings. The Labute approximate surface area is 108 Å². The number of pyridine rings is 1. The van der Waals surface area contributed by atoms with Crippen molar-refractivity contribution in [2.45, 2.75) is 33.7 Å². The Morgan fingerprint density at radius 3 is 2.61 bits per heavy atom. The van der Waals surface area contributed by atoms with Gasteiger partial charge in [0.25, 0.3) is 0 Å². The van der Waals surface area contributed by atoms with Crippen LogP contribution in [0.3, 0.4) is 0 Å². The molecule has 3 N–H and O–H groups in total. The van der Waals surface area contributed by atoms with E-state index in [0.29, 0.717) is 5.56 Å². The molecule has 0 aliphatic rings. The molecule has 0 bridgehead atoms. The molecule has 100 valence electrons. The minimum atomic E-state index is 0.0976. The van der Waals surface area contributed by atoms with Crippen molar-refractivity contribution in [3.63, 3.8) is 0 Å². The van der Waals surface area contributed by atoms with Gasteiger partial charge in [0.1, 0.15) is 0 Å². The van der Waals surface area contributed by atoms with Crippen LogP contribution in [0, 0.1) is 5.41 Å². The number of aromatic nitrogens is 1. The van der Waals surface area contributed by atoms with E-state index in [4.69, 9.17) is 10.9 Å². The lowest BCUT2D eigenvalue weighted by molar-refractivity contribution is 0.318. The fraction of sp³-hybridized carbons (Fsp3) is 0.538. The summed E-state index contributed by atoms with van der Waals surface area (Å²) in [6.07, 6.45) is 3.36. The largest absolute Gasteiger partial charge is 0.409 e. The highest BCUT2D eigenvalue weighted by Crippen LogP contribution is 2.28. The number of hydrogen-bond donors (Lipinski definition) is 2. The topological polar surface area (TPSA) is 74.7 Å². The normalized spacial score (nSPS) is 14.4. The summed E-state index contributed by atoms with van der Waals surface area (Å²) in [4.78, 5) is 6.21. The van der Waals surface area contributed by atoms with Gasteiger partial charge in [0.05, 0.1) is 11.9 Å². The first-order valence-corrected chi connectivity index (χ1v) is 5.93. The van der Waals surface area contributed by atoms with Crippen molar-refractivity contribution in [3.05, 3.63) is 24.0 Å². The Bertz CT molecular complexity index is 437. The van der Waals surface area contributed by atoms with E-state index in [-0.39, 0.29) is 17.3 Å². The molecule has 0 aliphatic carbocycles. The van der Waals surface area contributed by atoms with Gasteiger partial charge in [-0.2, -0.15) is 0 Å². The van der Waals surface area contributed by atoms with E-state index >= 15 is 0 Å². The first-order chi connectivity index (χ1) is 8.29. The van der Waals surface area contributed by atoms with Gasteiger partial charge in [-0.25, -0.2) is 0 Å². The van der Waals surface area contributed by atoms with Gasteiger partial charge in [-0.3, -0.25) is 4.98 Å². The Balaban J connectivity index is 3.18. The van der Waals surface area contributed by atoms with Crippen LogP contribution in [0.1, 0.15) is 33.3 Å². The predicted octanol–water partition coefficient (Wildman–Crippen LogP) is 2.05. The Morgan fingerprint density at radius 1 is 1.50 bits per heavy atom. The summed E-state index contributed by atoms with van der Waals surface area (Å²) >= 11 is 0. The number of oxime groups is 1. The molecule has 1 rings (SSSR count). The lowest BCUT2D eigenvalue weighted by Gasteiger charge is -2.37. The number of anilines is 1. The minimum absolute atomic E-state index is 0.0976. The second-order valence-corrected chi connectivity index (χ2v) is 5.53. The highest BCUT2D eigenvalue weighted by atomic mass is 16.4. The molecule has 0 saturated heterocycles. The number of rotatable bonds is 3. The summed E-state index contributed by atoms with van der Waals surface area (Å²) in [7, 11) is 1.99. The zero-order valence-electron chi connectivity index (χ0n) is 11.7. The third-order valence-corrected chi connectivity index (χ3v) is 3.40. The molecule has 1 aromatic rings. The van der Waals surface area contributed by atoms with Crippen LogP contribution in [0.2, 0.25) is 0 Å². The van der Waals surface area contributed by atoms with Crippen molar-refractivity contribution in [1.29, 1.82) is 0 Å². The highest BCUT2D eigenvalue weighted by molar-refractivity contribution is 6.02. The molecular weight excluding hydrogens is 228 g/mol. The van der Waals surface area contributed by atoms with Crippen molar-refractivity contribution in [2.75, 3.05) is 11.9 Å². The van der Waals surface area contributed by atoms with Crippen LogP contribution >= 0.6 is 0 Å². The average Bonchev–Trinajstić information content (AvgIpc) is 2.35. The fourth-order valence-electron chi connectivity index (χ4n) is 1.73. The van der Waals surface area contributed by atoms with E-state index in [2.05, 4.69) is 42.7 Å². The molecular formula is C13H22N4O. The molecule has 5 nitrogen and oxygen atoms in total. The van der Waals surface area contributed by atoms with Crippen LogP contribution in [0.4, 0.5) is 5.69 Å². The summed E-state index contributed by atoms with van der Waals surface area (Å²) in [5.74, 6) is 0.0976. The van der Waals surface area contributed by atoms with E-state index in [0.717, 1.165) is 5.69 Å². The molecule has 18 heavy (non-hydrogen) atoms. The lowest BCUT2D eigenvalue weighted by atomic mass is 9.87. The maximum atomic E-state index is 8.82. The summed E-state index contributed by atoms with van der Waals surface area (Å²) in [6.45, 7) is 8.66. The van der Waals surface area contributed by atoms with E-state index < -0.39 is 0 Å². The van der Waals surface area contributed by atoms with Crippen LogP contribution in [0.5, 0.6) is 0 Å². The number of nitrogens with zero attached hydrogens (tertiary/aromatic N) is 3. The third-order valence-electron chi connectivity index (χ3n) is 3.40. The van der Waals surface area contributed by atoms with Crippen molar-refractivity contribution in [3.8, 4) is 0 Å². The smallest absolute Gasteiger partial charge is 0.172 e. The summed E-state index contributed by atoms with van der Waals surface area (Å²) in [6, 6.07) is 2.03. The van der Waals surface area contributed by atoms with Gasteiger partial charge < -0.3 is 15.8 Å². The van der Waals surface area contributed by atoms with Crippen LogP contribution in [-0.2, 0) is 0 Å². The standard InChI is InChI=1S/C13H22N4O/c1-9(13(2,3)4)17(5)11-8-15-7-6-10(11)12(14)16-18/h6-9,18H,1-5H3,(H2,14,16). The predicted molar refractivity (Wildman–Crippen MR) is 74.1 cm³/mol. The van der Waals surface area contributed by atoms with Crippen LogP contribution < -0.4 is 10.6 Å². The molecule has 0 aromatic carbocycles. The van der Waals surface area contributed by atoms with Gasteiger partial charge in [0.15, 0.2) is 5.84 Å². The third kappa shape index (κ3) is 2.91. The van der Waals surface area contributed by atoms with E-state index in [1.54, 1.807) is 18.5 Å². The zero-order valence-corrected chi connectivity index (χ0v) is 11.7. The maximum absolute atomic E-state index is 8.82. The van der Waals surface area contributed by atoms with Gasteiger partial charge in [-0.1, -0.05) is 25.9 Å². The molecule has 1 heterocycles. The lowest BCUT2D eigenvalue weighted by Crippen LogP contribution is -2.40. The van der Waals surface area contributed by atoms with E-state index in [1.807, 2.05) is 7.05 Å². The number of hydrogen-bond acceptors (Lipinski definition) is 4. The Kier molecular flexibility index (Phi) is 4.16. The molecule has 0 aliphatic heterocycles. The molecule has 5 heteroatoms. The van der Waals surface area contributed by atoms with Crippen LogP contribution in [0.25, 0.3) is 0 Å². The van der Waals surface area contributed by atoms with Crippen molar-refractivity contribution >= 4 is 11.5 Å².